The fourth-order valence-corrected chi connectivity index (χ4v) is 0.530. The van der Waals surface area contributed by atoms with Gasteiger partial charge >= 0.3 is 0 Å². The molecule has 0 aliphatic rings. The molecule has 0 saturated carbocycles. The van der Waals surface area contributed by atoms with Crippen molar-refractivity contribution in [3.05, 3.63) is 0 Å². The molecule has 4 atom stereocenters. The second-order valence-corrected chi connectivity index (χ2v) is 2.06. The van der Waals surface area contributed by atoms with Gasteiger partial charge in [-0.15, -0.1) is 0 Å². The van der Waals surface area contributed by atoms with Gasteiger partial charge < -0.3 is 25.2 Å². The van der Waals surface area contributed by atoms with Crippen LogP contribution >= 0.6 is 0 Å². The van der Waals surface area contributed by atoms with Crippen molar-refractivity contribution in [1.29, 1.82) is 0 Å². The predicted octanol–water partition coefficient (Wildman–Crippen LogP) is -2.35. The Balaban J connectivity index is 4.07. The number of hydrogen-bond acceptors (Lipinski definition) is 5. The summed E-state index contributed by atoms with van der Waals surface area (Å²) in [5.74, 6) is 0. The third-order valence-corrected chi connectivity index (χ3v) is 1.21. The molecule has 0 aliphatic carbocycles. The Morgan fingerprint density at radius 3 is 2.27 bits per heavy atom. The number of carbonyl (C=O) groups is 1. The van der Waals surface area contributed by atoms with Gasteiger partial charge in [-0.2, -0.15) is 0 Å². The molecule has 0 bridgehead atoms. The summed E-state index contributed by atoms with van der Waals surface area (Å²) in [5, 5.41) is 35.0. The van der Waals surface area contributed by atoms with Gasteiger partial charge in [0.15, 0.2) is 0 Å². The van der Waals surface area contributed by atoms with Gasteiger partial charge in [0.05, 0.1) is 12.7 Å². The molecule has 11 heavy (non-hydrogen) atoms. The number of carbonyl (C=O) groups excluding carboxylic acids is 1. The van der Waals surface area contributed by atoms with Crippen molar-refractivity contribution in [2.75, 3.05) is 6.61 Å². The SMILES string of the molecule is [3H]C(C=O)[C@@H](O)[C@H](O)[C@H](O)CO. The quantitative estimate of drug-likeness (QED) is 0.343. The lowest BCUT2D eigenvalue weighted by molar-refractivity contribution is -0.115. The van der Waals surface area contributed by atoms with E-state index in [0.29, 0.717) is 0 Å². The summed E-state index contributed by atoms with van der Waals surface area (Å²) in [4.78, 5) is 9.96. The van der Waals surface area contributed by atoms with Crippen molar-refractivity contribution in [3.63, 3.8) is 0 Å². The largest absolute Gasteiger partial charge is 0.394 e. The number of aliphatic hydroxyl groups is 4. The van der Waals surface area contributed by atoms with E-state index in [0.717, 1.165) is 0 Å². The number of aliphatic hydroxyl groups excluding tert-OH is 4. The first-order valence-corrected chi connectivity index (χ1v) is 3.07. The van der Waals surface area contributed by atoms with Crippen LogP contribution in [0.25, 0.3) is 0 Å². The van der Waals surface area contributed by atoms with Gasteiger partial charge in [0.2, 0.25) is 0 Å². The van der Waals surface area contributed by atoms with Crippen molar-refractivity contribution in [3.8, 4) is 0 Å². The summed E-state index contributed by atoms with van der Waals surface area (Å²) < 4.78 is 6.85. The Morgan fingerprint density at radius 1 is 1.36 bits per heavy atom. The third-order valence-electron chi connectivity index (χ3n) is 1.21. The molecular formula is C6H12O5. The van der Waals surface area contributed by atoms with Crippen LogP contribution in [-0.2, 0) is 4.79 Å². The zero-order chi connectivity index (χ0) is 9.72. The van der Waals surface area contributed by atoms with E-state index in [2.05, 4.69) is 0 Å². The zero-order valence-electron chi connectivity index (χ0n) is 6.79. The van der Waals surface area contributed by atoms with Crippen LogP contribution < -0.4 is 0 Å². The lowest BCUT2D eigenvalue weighted by Crippen LogP contribution is -2.39. The lowest BCUT2D eigenvalue weighted by atomic mass is 10.1. The van der Waals surface area contributed by atoms with Gasteiger partial charge in [-0.25, -0.2) is 0 Å². The molecule has 0 aliphatic heterocycles. The molecule has 5 heteroatoms. The normalized spacial score (nSPS) is 23.1. The maximum Gasteiger partial charge on any atom is 0.122 e. The minimum atomic E-state index is -1.68. The van der Waals surface area contributed by atoms with E-state index >= 15 is 0 Å². The first kappa shape index (κ1) is 8.61. The van der Waals surface area contributed by atoms with E-state index in [4.69, 9.17) is 21.8 Å². The molecular weight excluding hydrogens is 152 g/mol. The van der Waals surface area contributed by atoms with Crippen molar-refractivity contribution in [2.24, 2.45) is 0 Å². The smallest absolute Gasteiger partial charge is 0.122 e. The summed E-state index contributed by atoms with van der Waals surface area (Å²) in [6, 6.07) is 0. The number of rotatable bonds is 5. The van der Waals surface area contributed by atoms with E-state index < -0.39 is 31.3 Å². The Labute approximate surface area is 65.3 Å². The molecule has 0 spiro atoms. The van der Waals surface area contributed by atoms with Gasteiger partial charge in [-0.1, -0.05) is 0 Å². The van der Waals surface area contributed by atoms with Gasteiger partial charge in [0.25, 0.3) is 0 Å². The highest BCUT2D eigenvalue weighted by Gasteiger charge is 2.23. The fraction of sp³-hybridized carbons (Fsp3) is 0.833. The van der Waals surface area contributed by atoms with Crippen LogP contribution in [0.5, 0.6) is 0 Å². The maximum atomic E-state index is 9.96. The molecule has 66 valence electrons. The average molecular weight is 166 g/mol. The van der Waals surface area contributed by atoms with E-state index in [1.54, 1.807) is 0 Å². The van der Waals surface area contributed by atoms with Crippen LogP contribution in [0, 0.1) is 0 Å². The highest BCUT2D eigenvalue weighted by molar-refractivity contribution is 5.50. The Bertz CT molecular complexity index is 142. The predicted molar refractivity (Wildman–Crippen MR) is 35.8 cm³/mol. The summed E-state index contributed by atoms with van der Waals surface area (Å²) >= 11 is 0. The molecule has 0 fully saturated rings. The highest BCUT2D eigenvalue weighted by Crippen LogP contribution is 2.01. The fourth-order valence-electron chi connectivity index (χ4n) is 0.530. The second-order valence-electron chi connectivity index (χ2n) is 2.06. The van der Waals surface area contributed by atoms with E-state index in [1.165, 1.54) is 0 Å². The maximum absolute atomic E-state index is 9.96. The summed E-state index contributed by atoms with van der Waals surface area (Å²) in [6.07, 6.45) is -6.26. The van der Waals surface area contributed by atoms with Crippen LogP contribution in [0.15, 0.2) is 0 Å². The van der Waals surface area contributed by atoms with E-state index in [-0.39, 0.29) is 6.29 Å². The Kier molecular flexibility index (Phi) is 4.07. The molecule has 0 aromatic rings. The van der Waals surface area contributed by atoms with Gasteiger partial charge in [0, 0.05) is 7.77 Å². The highest BCUT2D eigenvalue weighted by atomic mass is 16.4. The van der Waals surface area contributed by atoms with Crippen molar-refractivity contribution in [2.45, 2.75) is 24.7 Å². The van der Waals surface area contributed by atoms with E-state index in [1.807, 2.05) is 0 Å². The van der Waals surface area contributed by atoms with Crippen molar-refractivity contribution < 1.29 is 26.6 Å². The molecule has 1 unspecified atom stereocenters. The van der Waals surface area contributed by atoms with Crippen molar-refractivity contribution in [1.82, 2.24) is 0 Å². The minimum Gasteiger partial charge on any atom is -0.394 e. The molecule has 0 heterocycles. The first-order valence-electron chi connectivity index (χ1n) is 3.65. The van der Waals surface area contributed by atoms with Crippen LogP contribution in [-0.4, -0.2) is 51.6 Å². The second kappa shape index (κ2) is 5.20. The molecule has 0 rings (SSSR count). The molecule has 0 aromatic carbocycles. The van der Waals surface area contributed by atoms with Gasteiger partial charge in [-0.05, 0) is 0 Å². The summed E-state index contributed by atoms with van der Waals surface area (Å²) in [6.45, 7) is -0.732. The summed E-state index contributed by atoms with van der Waals surface area (Å²) in [7, 11) is 0. The molecule has 0 amide bonds. The number of hydrogen-bond donors (Lipinski definition) is 4. The first-order chi connectivity index (χ1) is 5.54. The topological polar surface area (TPSA) is 98.0 Å². The standard InChI is InChI=1S/C6H12O5/c7-2-1-4(9)6(11)5(10)3-8/h2,4-6,8-11H,1,3H2/t4-,5-,6+/m1/s1/i1T/t1?,4-,5-,6+. The molecule has 0 aromatic heterocycles. The monoisotopic (exact) mass is 166 g/mol. The Hall–Kier alpha value is -0.490. The van der Waals surface area contributed by atoms with Gasteiger partial charge in [0.1, 0.15) is 18.5 Å². The Morgan fingerprint density at radius 2 is 1.91 bits per heavy atom. The lowest BCUT2D eigenvalue weighted by Gasteiger charge is -2.19. The molecule has 5 nitrogen and oxygen atoms in total. The van der Waals surface area contributed by atoms with Gasteiger partial charge in [-0.3, -0.25) is 0 Å². The molecule has 0 radical (unpaired) electrons. The van der Waals surface area contributed by atoms with Crippen LogP contribution in [0.1, 0.15) is 7.77 Å². The van der Waals surface area contributed by atoms with Crippen LogP contribution in [0.4, 0.5) is 0 Å². The average Bonchev–Trinajstić information content (AvgIpc) is 2.12. The van der Waals surface area contributed by atoms with Crippen molar-refractivity contribution >= 4 is 6.29 Å². The molecule has 4 N–H and O–H groups in total. The van der Waals surface area contributed by atoms with Crippen LogP contribution in [0.3, 0.4) is 0 Å². The summed E-state index contributed by atoms with van der Waals surface area (Å²) in [5.41, 5.74) is 0. The van der Waals surface area contributed by atoms with E-state index in [9.17, 15) is 4.79 Å². The third kappa shape index (κ3) is 3.43. The molecule has 0 saturated heterocycles. The zero-order valence-corrected chi connectivity index (χ0v) is 5.79. The number of aldehydes is 1. The minimum absolute atomic E-state index is 0.137. The van der Waals surface area contributed by atoms with Crippen LogP contribution in [0.2, 0.25) is 0 Å².